The van der Waals surface area contributed by atoms with Gasteiger partial charge in [-0.15, -0.1) is 0 Å². The molecule has 0 amide bonds. The minimum absolute atomic E-state index is 0.0428. The van der Waals surface area contributed by atoms with E-state index in [0.29, 0.717) is 24.0 Å². The molecule has 3 heteroatoms. The highest BCUT2D eigenvalue weighted by atomic mass is 16.1. The van der Waals surface area contributed by atoms with Crippen LogP contribution >= 0.6 is 0 Å². The van der Waals surface area contributed by atoms with Gasteiger partial charge in [0.1, 0.15) is 11.6 Å². The molecule has 3 atom stereocenters. The highest BCUT2D eigenvalue weighted by molar-refractivity contribution is 6.01. The van der Waals surface area contributed by atoms with Gasteiger partial charge in [-0.1, -0.05) is 58.8 Å². The third-order valence-electron chi connectivity index (χ3n) is 8.46. The Kier molecular flexibility index (Phi) is 9.67. The summed E-state index contributed by atoms with van der Waals surface area (Å²) in [6.07, 6.45) is 13.1. The molecule has 0 aromatic heterocycles. The third kappa shape index (κ3) is 6.60. The highest BCUT2D eigenvalue weighted by Crippen LogP contribution is 2.40. The van der Waals surface area contributed by atoms with E-state index < -0.39 is 0 Å². The average molecular weight is 479 g/mol. The van der Waals surface area contributed by atoms with Crippen LogP contribution in [0.2, 0.25) is 0 Å². The molecule has 0 saturated heterocycles. The molecule has 0 saturated carbocycles. The van der Waals surface area contributed by atoms with Crippen molar-refractivity contribution < 1.29 is 14.4 Å². The lowest BCUT2D eigenvalue weighted by Gasteiger charge is -2.34. The topological polar surface area (TPSA) is 51.2 Å². The molecule has 0 radical (unpaired) electrons. The Labute approximate surface area is 213 Å². The predicted molar refractivity (Wildman–Crippen MR) is 144 cm³/mol. The Morgan fingerprint density at radius 2 is 1.74 bits per heavy atom. The fourth-order valence-electron chi connectivity index (χ4n) is 6.76. The summed E-state index contributed by atoms with van der Waals surface area (Å²) in [6, 6.07) is 2.40. The Morgan fingerprint density at radius 1 is 1.06 bits per heavy atom. The predicted octanol–water partition coefficient (Wildman–Crippen LogP) is 7.75. The van der Waals surface area contributed by atoms with Gasteiger partial charge in [0.2, 0.25) is 0 Å². The van der Waals surface area contributed by atoms with E-state index in [2.05, 4.69) is 52.8 Å². The van der Waals surface area contributed by atoms with Gasteiger partial charge in [-0.25, -0.2) is 0 Å². The largest absolute Gasteiger partial charge is 0.300 e. The molecule has 2 aliphatic rings. The van der Waals surface area contributed by atoms with Crippen molar-refractivity contribution in [3.8, 4) is 0 Å². The second-order valence-electron chi connectivity index (χ2n) is 11.6. The fourth-order valence-corrected chi connectivity index (χ4v) is 6.76. The number of benzene rings is 1. The zero-order chi connectivity index (χ0) is 25.7. The van der Waals surface area contributed by atoms with Gasteiger partial charge in [0.05, 0.1) is 6.42 Å². The summed E-state index contributed by atoms with van der Waals surface area (Å²) >= 11 is 0. The molecule has 0 N–H and O–H groups in total. The molecule has 0 bridgehead atoms. The lowest BCUT2D eigenvalue weighted by Crippen LogP contribution is -2.30. The number of hydrogen-bond donors (Lipinski definition) is 0. The molecule has 1 aromatic rings. The minimum Gasteiger partial charge on any atom is -0.300 e. The first-order valence-electron chi connectivity index (χ1n) is 14.0. The average Bonchev–Trinajstić information content (AvgIpc) is 3.28. The number of rotatable bonds is 12. The maximum Gasteiger partial charge on any atom is 0.163 e. The standard InChI is InChI=1S/C32H46O3/c1-7-11-25(27(8-2)30(34)14-21(5)33)16-24-17-29-28(20(3)4)19-26(15-23-12-9-10-13-23)22(6)32(29)31(35)18-24/h9-10,19-20,23-25,27H,7-8,11-18H2,1-6H3. The van der Waals surface area contributed by atoms with Crippen LogP contribution < -0.4 is 0 Å². The van der Waals surface area contributed by atoms with E-state index >= 15 is 0 Å². The molecule has 3 rings (SSSR count). The van der Waals surface area contributed by atoms with Crippen molar-refractivity contribution in [3.63, 3.8) is 0 Å². The van der Waals surface area contributed by atoms with Gasteiger partial charge >= 0.3 is 0 Å². The molecular weight excluding hydrogens is 432 g/mol. The molecule has 0 heterocycles. The summed E-state index contributed by atoms with van der Waals surface area (Å²) in [4.78, 5) is 38.1. The quantitative estimate of drug-likeness (QED) is 0.228. The van der Waals surface area contributed by atoms with Crippen molar-refractivity contribution in [2.24, 2.45) is 23.7 Å². The van der Waals surface area contributed by atoms with Crippen molar-refractivity contribution in [2.45, 2.75) is 112 Å². The summed E-state index contributed by atoms with van der Waals surface area (Å²) in [5, 5.41) is 0. The van der Waals surface area contributed by atoms with Gasteiger partial charge < -0.3 is 0 Å². The third-order valence-corrected chi connectivity index (χ3v) is 8.46. The number of allylic oxidation sites excluding steroid dienone is 2. The molecule has 3 nitrogen and oxygen atoms in total. The zero-order valence-electron chi connectivity index (χ0n) is 22.9. The van der Waals surface area contributed by atoms with Crippen LogP contribution in [-0.4, -0.2) is 17.3 Å². The molecule has 0 spiro atoms. The summed E-state index contributed by atoms with van der Waals surface area (Å²) < 4.78 is 0. The molecule has 2 aliphatic carbocycles. The van der Waals surface area contributed by atoms with Crippen LogP contribution in [0.3, 0.4) is 0 Å². The first-order chi connectivity index (χ1) is 16.7. The lowest BCUT2D eigenvalue weighted by atomic mass is 9.70. The van der Waals surface area contributed by atoms with Crippen molar-refractivity contribution in [3.05, 3.63) is 46.0 Å². The summed E-state index contributed by atoms with van der Waals surface area (Å²) in [5.41, 5.74) is 6.17. The fraction of sp³-hybridized carbons (Fsp3) is 0.656. The first kappa shape index (κ1) is 27.6. The summed E-state index contributed by atoms with van der Waals surface area (Å²) in [6.45, 7) is 12.4. The molecule has 1 aromatic carbocycles. The monoisotopic (exact) mass is 478 g/mol. The van der Waals surface area contributed by atoms with Crippen LogP contribution in [0.4, 0.5) is 0 Å². The Bertz CT molecular complexity index is 960. The van der Waals surface area contributed by atoms with E-state index in [1.165, 1.54) is 29.2 Å². The van der Waals surface area contributed by atoms with E-state index in [0.717, 1.165) is 56.9 Å². The van der Waals surface area contributed by atoms with Crippen LogP contribution in [0.1, 0.15) is 125 Å². The van der Waals surface area contributed by atoms with E-state index in [4.69, 9.17) is 0 Å². The first-order valence-corrected chi connectivity index (χ1v) is 14.0. The van der Waals surface area contributed by atoms with Gasteiger partial charge in [0.15, 0.2) is 5.78 Å². The Balaban J connectivity index is 1.88. The SMILES string of the molecule is CCCC(CC1CC(=O)c2c(C)c(CC3CC=CC3)cc(C(C)C)c2C1)C(CC)C(=O)CC(C)=O. The molecule has 0 fully saturated rings. The maximum atomic E-state index is 13.6. The number of carbonyl (C=O) groups is 3. The van der Waals surface area contributed by atoms with Gasteiger partial charge in [0, 0.05) is 17.9 Å². The number of hydrogen-bond acceptors (Lipinski definition) is 3. The van der Waals surface area contributed by atoms with E-state index in [-0.39, 0.29) is 35.7 Å². The van der Waals surface area contributed by atoms with Crippen LogP contribution in [0.15, 0.2) is 18.2 Å². The normalized spacial score (nSPS) is 19.7. The van der Waals surface area contributed by atoms with E-state index in [1.54, 1.807) is 0 Å². The molecule has 0 aliphatic heterocycles. The zero-order valence-corrected chi connectivity index (χ0v) is 22.9. The second kappa shape index (κ2) is 12.3. The van der Waals surface area contributed by atoms with Crippen molar-refractivity contribution >= 4 is 17.3 Å². The number of ketones is 3. The van der Waals surface area contributed by atoms with Crippen molar-refractivity contribution in [1.82, 2.24) is 0 Å². The Morgan fingerprint density at radius 3 is 2.31 bits per heavy atom. The Hall–Kier alpha value is -2.03. The van der Waals surface area contributed by atoms with Crippen LogP contribution in [-0.2, 0) is 22.4 Å². The second-order valence-corrected chi connectivity index (χ2v) is 11.6. The van der Waals surface area contributed by atoms with Crippen LogP contribution in [0, 0.1) is 30.6 Å². The van der Waals surface area contributed by atoms with E-state index in [9.17, 15) is 14.4 Å². The van der Waals surface area contributed by atoms with Crippen LogP contribution in [0.5, 0.6) is 0 Å². The number of carbonyl (C=O) groups excluding carboxylic acids is 3. The molecule has 192 valence electrons. The number of fused-ring (bicyclic) bond motifs is 1. The van der Waals surface area contributed by atoms with Gasteiger partial charge in [0.25, 0.3) is 0 Å². The van der Waals surface area contributed by atoms with Crippen molar-refractivity contribution in [1.29, 1.82) is 0 Å². The van der Waals surface area contributed by atoms with Gasteiger partial charge in [-0.2, -0.15) is 0 Å². The molecular formula is C32H46O3. The summed E-state index contributed by atoms with van der Waals surface area (Å²) in [7, 11) is 0. The van der Waals surface area contributed by atoms with E-state index in [1.807, 2.05) is 0 Å². The minimum atomic E-state index is -0.0796. The van der Waals surface area contributed by atoms with Crippen molar-refractivity contribution in [2.75, 3.05) is 0 Å². The molecule has 35 heavy (non-hydrogen) atoms. The number of Topliss-reactive ketones (excluding diaryl/α,β-unsaturated/α-hetero) is 3. The van der Waals surface area contributed by atoms with Crippen LogP contribution in [0.25, 0.3) is 0 Å². The van der Waals surface area contributed by atoms with Gasteiger partial charge in [-0.05, 0) is 98.3 Å². The lowest BCUT2D eigenvalue weighted by molar-refractivity contribution is -0.129. The van der Waals surface area contributed by atoms with Gasteiger partial charge in [-0.3, -0.25) is 14.4 Å². The highest BCUT2D eigenvalue weighted by Gasteiger charge is 2.34. The molecule has 3 unspecified atom stereocenters. The maximum absolute atomic E-state index is 13.6. The summed E-state index contributed by atoms with van der Waals surface area (Å²) in [5.74, 6) is 1.80. The smallest absolute Gasteiger partial charge is 0.163 e.